The first-order chi connectivity index (χ1) is 54.0. The van der Waals surface area contributed by atoms with E-state index in [9.17, 15) is 181 Å². The largest absolute Gasteiger partial charge is 0.462 e. The van der Waals surface area contributed by atoms with Gasteiger partial charge in [0, 0.05) is 17.1 Å². The monoisotopic (exact) mass is 2040 g/mol. The molecule has 0 amide bonds. The minimum Gasteiger partial charge on any atom is -0.462 e. The lowest BCUT2D eigenvalue weighted by Crippen LogP contribution is -2.63. The SMILES string of the molecule is O=S(=O)(O)OC[C@H]1O[C@@H](Oc2ccc(NS(=O)(=O)c3cc(S(=O)(=O)Nc4ccc(O[C@@H]5O[C@H](COS(=O)(=O)O)[C@@H](OS(=O)(=O)O)[C@H](OS(=O)(=O)O)[C@H]5OS(=O)(=O)O)cc4)cc(S(=O)(=O)Nc4ccc(O[C@@H]5O[C@H](COS(=O)(=O)O)[C@@H](OS(=O)(=O)O)[C@H](OS(=O)(=O)O)[C@H]5OS(=O)(=O)O)cc4)c3)cc2)[C@H](OS(=O)(=O)O)[C@@H](OS(=O)(=O)O)[C@@H]1OS(=O)(=O)O. The molecule has 63 nitrogen and oxygen atoms in total. The number of anilines is 3. The summed E-state index contributed by atoms with van der Waals surface area (Å²) < 4.78 is 574. The van der Waals surface area contributed by atoms with Gasteiger partial charge in [-0.25, -0.2) is 75.5 Å². The number of nitrogens with one attached hydrogen (secondary N) is 3. The van der Waals surface area contributed by atoms with Gasteiger partial charge < -0.3 is 28.4 Å². The van der Waals surface area contributed by atoms with E-state index in [1.807, 2.05) is 14.2 Å². The van der Waals surface area contributed by atoms with Crippen molar-refractivity contribution in [2.45, 2.75) is 107 Å². The Bertz CT molecular complexity index is 5650. The van der Waals surface area contributed by atoms with Crippen molar-refractivity contribution in [2.24, 2.45) is 0 Å². The van der Waals surface area contributed by atoms with Gasteiger partial charge in [-0.1, -0.05) is 0 Å². The molecule has 4 aromatic carbocycles. The molecule has 15 N–H and O–H groups in total. The standard InChI is InChI=1S/C42H51N3O60S15/c46-106(47,43-19-1-7-22(8-2-19)91-40-37(103-118(79,80)81)34(100-115(70,71)72)31(97-112(61,62)63)28(94-40)16-88-109(52,53)54)25-13-26(107(48,49)44-20-3-9-23(10-4-20)92-41-38(104-119(82,83)84)35(101-116(73,74)75)32(98-113(64,65)66)29(95-41)17-89-110(55,56)57)15-27(14-25)108(50,51)45-21-5-11-24(12-6-21)93-42-39(105-120(85,86)87)36(102-117(76,77)78)33(99-114(67,68)69)30(96-42)18-90-111(58,59)60/h1-15,28-45H,16-18H2,(H,52,53,54)(H,55,56,57)(H,58,59,60)(H,61,62,63)(H,64,65,66)(H,67,68,69)(H,70,71,72)(H,73,74,75)(H,76,77,78)(H,79,80,81)(H,82,83,84)(H,85,86,87)/t28-,29-,30-,31-,32-,33-,34+,35+,36+,37-,38-,39-,40-,41-,42-/m1/s1. The van der Waals surface area contributed by atoms with Crippen molar-refractivity contribution in [1.82, 2.24) is 0 Å². The summed E-state index contributed by atoms with van der Waals surface area (Å²) in [4.78, 5) is -4.31. The highest BCUT2D eigenvalue weighted by Crippen LogP contribution is 2.39. The van der Waals surface area contributed by atoms with E-state index in [-0.39, 0.29) is 18.2 Å². The van der Waals surface area contributed by atoms with Crippen LogP contribution in [-0.4, -0.2) is 293 Å². The molecule has 3 heterocycles. The normalized spacial score (nSPS) is 25.1. The summed E-state index contributed by atoms with van der Waals surface area (Å²) in [6.45, 7) is -5.26. The first-order valence-electron chi connectivity index (χ1n) is 29.3. The molecule has 3 aliphatic heterocycles. The Morgan fingerprint density at radius 2 is 0.400 bits per heavy atom. The van der Waals surface area contributed by atoms with Crippen molar-refractivity contribution in [2.75, 3.05) is 34.0 Å². The van der Waals surface area contributed by atoms with Crippen molar-refractivity contribution in [3.63, 3.8) is 0 Å². The van der Waals surface area contributed by atoms with E-state index >= 15 is 0 Å². The predicted octanol–water partition coefficient (Wildman–Crippen LogP) is -6.45. The Balaban J connectivity index is 1.29. The van der Waals surface area contributed by atoms with Crippen LogP contribution in [0.3, 0.4) is 0 Å². The van der Waals surface area contributed by atoms with Crippen LogP contribution in [0.2, 0.25) is 0 Å². The van der Waals surface area contributed by atoms with Crippen LogP contribution in [0.5, 0.6) is 17.2 Å². The molecule has 0 spiro atoms. The van der Waals surface area contributed by atoms with Crippen LogP contribution >= 0.6 is 0 Å². The van der Waals surface area contributed by atoms with Gasteiger partial charge in [-0.05, 0) is 91.0 Å². The van der Waals surface area contributed by atoms with Gasteiger partial charge in [0.15, 0.2) is 18.3 Å². The molecule has 3 aliphatic rings. The van der Waals surface area contributed by atoms with E-state index in [1.54, 1.807) is 0 Å². The highest BCUT2D eigenvalue weighted by molar-refractivity contribution is 7.94. The zero-order chi connectivity index (χ0) is 90.9. The molecule has 0 saturated carbocycles. The summed E-state index contributed by atoms with van der Waals surface area (Å²) >= 11 is 0. The topological polar surface area (TPSA) is 957 Å². The van der Waals surface area contributed by atoms with Gasteiger partial charge in [-0.3, -0.25) is 68.8 Å². The van der Waals surface area contributed by atoms with Crippen LogP contribution in [0.4, 0.5) is 17.1 Å². The number of sulfonamides is 3. The molecule has 0 unspecified atom stereocenters. The molecular formula is C42H51N3O60S15. The summed E-state index contributed by atoms with van der Waals surface area (Å²) in [5, 5.41) is 0. The molecule has 0 bridgehead atoms. The molecule has 0 radical (unpaired) electrons. The quantitative estimate of drug-likeness (QED) is 0.0183. The molecular weight excluding hydrogens is 1990 g/mol. The smallest absolute Gasteiger partial charge is 0.397 e. The first kappa shape index (κ1) is 101. The zero-order valence-electron chi connectivity index (χ0n) is 56.5. The molecule has 15 atom stereocenters. The summed E-state index contributed by atoms with van der Waals surface area (Å²) in [5.41, 5.74) is -2.26. The molecule has 3 saturated heterocycles. The Kier molecular flexibility index (Phi) is 31.3. The first-order valence-corrected chi connectivity index (χ1v) is 50.1. The lowest BCUT2D eigenvalue weighted by Gasteiger charge is -2.42. The fourth-order valence-electron chi connectivity index (χ4n) is 9.89. The minimum atomic E-state index is -6.06. The van der Waals surface area contributed by atoms with E-state index in [0.717, 1.165) is 0 Å². The average molecular weight is 2040 g/mol. The minimum absolute atomic E-state index is 0.198. The fourth-order valence-corrected chi connectivity index (χ4v) is 18.9. The summed E-state index contributed by atoms with van der Waals surface area (Å²) in [5.74, 6) is -2.44. The maximum atomic E-state index is 14.5. The van der Waals surface area contributed by atoms with Gasteiger partial charge >= 0.3 is 125 Å². The predicted molar refractivity (Wildman–Crippen MR) is 366 cm³/mol. The number of ether oxygens (including phenoxy) is 6. The van der Waals surface area contributed by atoms with Crippen molar-refractivity contribution in [3.8, 4) is 17.2 Å². The van der Waals surface area contributed by atoms with Crippen LogP contribution in [0.1, 0.15) is 0 Å². The van der Waals surface area contributed by atoms with Crippen LogP contribution in [0, 0.1) is 0 Å². The molecule has 7 rings (SSSR count). The summed E-state index contributed by atoms with van der Waals surface area (Å²) in [7, 11) is -87.9. The van der Waals surface area contributed by atoms with Gasteiger partial charge in [0.2, 0.25) is 18.9 Å². The number of hydrogen-bond acceptors (Lipinski definition) is 48. The van der Waals surface area contributed by atoms with Gasteiger partial charge in [-0.15, -0.1) is 0 Å². The zero-order valence-corrected chi connectivity index (χ0v) is 68.8. The molecule has 0 aliphatic carbocycles. The van der Waals surface area contributed by atoms with Crippen LogP contribution in [-0.2, 0) is 219 Å². The van der Waals surface area contributed by atoms with Crippen molar-refractivity contribution < 1.29 is 260 Å². The van der Waals surface area contributed by atoms with Gasteiger partial charge in [-0.2, -0.15) is 101 Å². The van der Waals surface area contributed by atoms with Crippen molar-refractivity contribution >= 4 is 172 Å². The van der Waals surface area contributed by atoms with E-state index in [4.69, 9.17) is 28.4 Å². The molecule has 3 fully saturated rings. The van der Waals surface area contributed by atoms with Crippen LogP contribution in [0.25, 0.3) is 0 Å². The lowest BCUT2D eigenvalue weighted by atomic mass is 9.99. The third-order valence-electron chi connectivity index (χ3n) is 13.9. The van der Waals surface area contributed by atoms with Crippen LogP contribution in [0.15, 0.2) is 106 Å². The molecule has 0 aromatic heterocycles. The van der Waals surface area contributed by atoms with E-state index in [2.05, 4.69) is 50.2 Å². The average Bonchev–Trinajstić information content (AvgIpc) is 0.783. The van der Waals surface area contributed by atoms with E-state index in [1.165, 1.54) is 0 Å². The molecule has 684 valence electrons. The second-order valence-electron chi connectivity index (χ2n) is 22.5. The third kappa shape index (κ3) is 33.1. The lowest BCUT2D eigenvalue weighted by molar-refractivity contribution is -0.260. The molecule has 78 heteroatoms. The van der Waals surface area contributed by atoms with Gasteiger partial charge in [0.25, 0.3) is 30.1 Å². The second-order valence-corrected chi connectivity index (χ2v) is 40.3. The highest BCUT2D eigenvalue weighted by Gasteiger charge is 2.58. The van der Waals surface area contributed by atoms with Crippen molar-refractivity contribution in [3.05, 3.63) is 91.0 Å². The molecule has 120 heavy (non-hydrogen) atoms. The Morgan fingerprint density at radius 3 is 0.567 bits per heavy atom. The van der Waals surface area contributed by atoms with Crippen LogP contribution < -0.4 is 28.4 Å². The Hall–Kier alpha value is -6.15. The summed E-state index contributed by atoms with van der Waals surface area (Å²) in [6, 6.07) is 8.08. The van der Waals surface area contributed by atoms with Crippen molar-refractivity contribution in [1.29, 1.82) is 0 Å². The Labute approximate surface area is 675 Å². The maximum Gasteiger partial charge on any atom is 0.397 e. The van der Waals surface area contributed by atoms with Gasteiger partial charge in [0.05, 0.1) is 34.5 Å². The highest BCUT2D eigenvalue weighted by atomic mass is 32.3. The maximum absolute atomic E-state index is 14.5. The fraction of sp³-hybridized carbons (Fsp3) is 0.429. The number of rotatable bonds is 42. The van der Waals surface area contributed by atoms with Gasteiger partial charge in [0.1, 0.15) is 72.2 Å². The molecule has 4 aromatic rings. The third-order valence-corrected chi connectivity index (χ3v) is 23.4. The summed E-state index contributed by atoms with van der Waals surface area (Å²) in [6.07, 6.45) is -43.7. The second kappa shape index (κ2) is 37.2. The Morgan fingerprint density at radius 1 is 0.233 bits per heavy atom. The number of hydrogen-bond donors (Lipinski definition) is 15. The van der Waals surface area contributed by atoms with E-state index in [0.29, 0.717) is 72.8 Å². The number of benzene rings is 4. The van der Waals surface area contributed by atoms with E-state index < -0.39 is 316 Å².